The molecule has 0 N–H and O–H groups in total. The number of ether oxygens (including phenoxy) is 1. The van der Waals surface area contributed by atoms with Gasteiger partial charge in [-0.05, 0) is 37.5 Å². The first kappa shape index (κ1) is 15.0. The van der Waals surface area contributed by atoms with Crippen molar-refractivity contribution in [2.45, 2.75) is 25.1 Å². The molecule has 2 aromatic carbocycles. The van der Waals surface area contributed by atoms with E-state index in [1.807, 2.05) is 0 Å². The Morgan fingerprint density at radius 1 is 1.15 bits per heavy atom. The zero-order chi connectivity index (χ0) is 14.7. The second-order valence-electron chi connectivity index (χ2n) is 4.99. The molecule has 2 aromatic rings. The number of benzene rings is 2. The molecule has 0 saturated heterocycles. The maximum atomic E-state index is 14.1. The number of aryl methyl sites for hydroxylation is 2. The van der Waals surface area contributed by atoms with Crippen molar-refractivity contribution in [2.75, 3.05) is 7.11 Å². The van der Waals surface area contributed by atoms with Crippen molar-refractivity contribution in [1.82, 2.24) is 0 Å². The van der Waals surface area contributed by atoms with Gasteiger partial charge in [-0.1, -0.05) is 45.8 Å². The van der Waals surface area contributed by atoms with Crippen LogP contribution in [0.3, 0.4) is 0 Å². The molecular weight excluding hydrogens is 319 g/mol. The Labute approximate surface area is 127 Å². The van der Waals surface area contributed by atoms with Crippen LogP contribution in [0, 0.1) is 19.7 Å². The fourth-order valence-corrected chi connectivity index (χ4v) is 2.93. The molecule has 0 radical (unpaired) electrons. The van der Waals surface area contributed by atoms with E-state index in [1.165, 1.54) is 29.9 Å². The summed E-state index contributed by atoms with van der Waals surface area (Å²) in [5, 5.41) is 0. The molecule has 0 spiro atoms. The Morgan fingerprint density at radius 2 is 1.90 bits per heavy atom. The van der Waals surface area contributed by atoms with Gasteiger partial charge >= 0.3 is 0 Å². The number of hydrogen-bond acceptors (Lipinski definition) is 1. The van der Waals surface area contributed by atoms with Gasteiger partial charge < -0.3 is 4.74 Å². The molecule has 0 aliphatic carbocycles. The third kappa shape index (κ3) is 3.40. The summed E-state index contributed by atoms with van der Waals surface area (Å²) in [4.78, 5) is -0.0473. The van der Waals surface area contributed by atoms with Gasteiger partial charge in [0.25, 0.3) is 0 Å². The van der Waals surface area contributed by atoms with Gasteiger partial charge in [0.15, 0.2) is 0 Å². The maximum absolute atomic E-state index is 14.1. The molecule has 0 aromatic heterocycles. The van der Waals surface area contributed by atoms with Crippen molar-refractivity contribution < 1.29 is 9.13 Å². The highest BCUT2D eigenvalue weighted by Crippen LogP contribution is 2.31. The van der Waals surface area contributed by atoms with Gasteiger partial charge in [0, 0.05) is 16.5 Å². The first-order valence-electron chi connectivity index (χ1n) is 6.55. The van der Waals surface area contributed by atoms with Crippen molar-refractivity contribution in [3.8, 4) is 5.75 Å². The quantitative estimate of drug-likeness (QED) is 0.703. The van der Waals surface area contributed by atoms with E-state index in [0.29, 0.717) is 11.3 Å². The lowest BCUT2D eigenvalue weighted by Gasteiger charge is -2.14. The van der Waals surface area contributed by atoms with Crippen LogP contribution in [0.15, 0.2) is 36.4 Å². The monoisotopic (exact) mass is 336 g/mol. The summed E-state index contributed by atoms with van der Waals surface area (Å²) in [5.41, 5.74) is 4.35. The van der Waals surface area contributed by atoms with Crippen LogP contribution >= 0.6 is 15.9 Å². The minimum atomic E-state index is -0.239. The zero-order valence-electron chi connectivity index (χ0n) is 11.9. The summed E-state index contributed by atoms with van der Waals surface area (Å²) in [5.74, 6) is 0.300. The van der Waals surface area contributed by atoms with Crippen molar-refractivity contribution in [3.63, 3.8) is 0 Å². The van der Waals surface area contributed by atoms with E-state index in [2.05, 4.69) is 48.0 Å². The molecule has 1 atom stereocenters. The average molecular weight is 337 g/mol. The zero-order valence-corrected chi connectivity index (χ0v) is 13.5. The predicted octanol–water partition coefficient (Wildman–Crippen LogP) is 5.13. The second kappa shape index (κ2) is 6.40. The summed E-state index contributed by atoms with van der Waals surface area (Å²) < 4.78 is 19.1. The largest absolute Gasteiger partial charge is 0.497 e. The van der Waals surface area contributed by atoms with E-state index in [4.69, 9.17) is 4.74 Å². The third-order valence-electron chi connectivity index (χ3n) is 3.45. The Bertz CT molecular complexity index is 610. The number of alkyl halides is 1. The van der Waals surface area contributed by atoms with Gasteiger partial charge in [-0.3, -0.25) is 0 Å². The lowest BCUT2D eigenvalue weighted by Crippen LogP contribution is -2.01. The van der Waals surface area contributed by atoms with Crippen LogP contribution in [0.1, 0.15) is 27.1 Å². The topological polar surface area (TPSA) is 9.23 Å². The minimum Gasteiger partial charge on any atom is -0.497 e. The molecule has 0 heterocycles. The summed E-state index contributed by atoms with van der Waals surface area (Å²) in [6.07, 6.45) is 0.761. The Hall–Kier alpha value is -1.35. The van der Waals surface area contributed by atoms with E-state index in [-0.39, 0.29) is 10.6 Å². The van der Waals surface area contributed by atoms with Gasteiger partial charge in [-0.2, -0.15) is 0 Å². The standard InChI is InChI=1S/C17H18BrFO/c1-11-4-5-12(2)13(8-11)9-16(18)15-7-6-14(20-3)10-17(15)19/h4-8,10,16H,9H2,1-3H3. The molecule has 0 bridgehead atoms. The van der Waals surface area contributed by atoms with Crippen molar-refractivity contribution in [1.29, 1.82) is 0 Å². The van der Waals surface area contributed by atoms with Gasteiger partial charge in [0.1, 0.15) is 11.6 Å². The molecule has 0 amide bonds. The molecule has 106 valence electrons. The first-order chi connectivity index (χ1) is 9.51. The molecular formula is C17H18BrFO. The van der Waals surface area contributed by atoms with Crippen molar-refractivity contribution >= 4 is 15.9 Å². The number of halogens is 2. The lowest BCUT2D eigenvalue weighted by atomic mass is 9.98. The van der Waals surface area contributed by atoms with Crippen molar-refractivity contribution in [2.24, 2.45) is 0 Å². The van der Waals surface area contributed by atoms with E-state index in [0.717, 1.165) is 6.42 Å². The molecule has 0 aliphatic rings. The van der Waals surface area contributed by atoms with Crippen LogP contribution in [0.4, 0.5) is 4.39 Å². The second-order valence-corrected chi connectivity index (χ2v) is 6.09. The van der Waals surface area contributed by atoms with Crippen molar-refractivity contribution in [3.05, 3.63) is 64.5 Å². The van der Waals surface area contributed by atoms with Gasteiger partial charge in [0.2, 0.25) is 0 Å². The van der Waals surface area contributed by atoms with Gasteiger partial charge in [-0.25, -0.2) is 4.39 Å². The number of hydrogen-bond donors (Lipinski definition) is 0. The molecule has 1 nitrogen and oxygen atoms in total. The number of rotatable bonds is 4. The van der Waals surface area contributed by atoms with Crippen LogP contribution in [0.2, 0.25) is 0 Å². The summed E-state index contributed by atoms with van der Waals surface area (Å²) in [6, 6.07) is 11.3. The normalized spacial score (nSPS) is 12.2. The lowest BCUT2D eigenvalue weighted by molar-refractivity contribution is 0.410. The van der Waals surface area contributed by atoms with E-state index < -0.39 is 0 Å². The molecule has 0 fully saturated rings. The predicted molar refractivity (Wildman–Crippen MR) is 84.2 cm³/mol. The molecule has 1 unspecified atom stereocenters. The highest BCUT2D eigenvalue weighted by molar-refractivity contribution is 9.09. The minimum absolute atomic E-state index is 0.0473. The van der Waals surface area contributed by atoms with Crippen LogP contribution in [-0.4, -0.2) is 7.11 Å². The molecule has 20 heavy (non-hydrogen) atoms. The number of methoxy groups -OCH3 is 1. The van der Waals surface area contributed by atoms with E-state index in [9.17, 15) is 4.39 Å². The molecule has 2 rings (SSSR count). The Morgan fingerprint density at radius 3 is 2.55 bits per heavy atom. The highest BCUT2D eigenvalue weighted by Gasteiger charge is 2.15. The van der Waals surface area contributed by atoms with Crippen LogP contribution in [0.25, 0.3) is 0 Å². The molecule has 0 saturated carbocycles. The smallest absolute Gasteiger partial charge is 0.131 e. The van der Waals surface area contributed by atoms with Gasteiger partial charge in [0.05, 0.1) is 7.11 Å². The fourth-order valence-electron chi connectivity index (χ4n) is 2.21. The summed E-state index contributed by atoms with van der Waals surface area (Å²) in [6.45, 7) is 4.15. The van der Waals surface area contributed by atoms with E-state index >= 15 is 0 Å². The van der Waals surface area contributed by atoms with Gasteiger partial charge in [-0.15, -0.1) is 0 Å². The Balaban J connectivity index is 2.23. The van der Waals surface area contributed by atoms with Crippen LogP contribution in [0.5, 0.6) is 5.75 Å². The Kier molecular flexibility index (Phi) is 4.81. The summed E-state index contributed by atoms with van der Waals surface area (Å²) in [7, 11) is 1.54. The molecule has 3 heteroatoms. The van der Waals surface area contributed by atoms with Crippen LogP contribution in [-0.2, 0) is 6.42 Å². The van der Waals surface area contributed by atoms with Crippen LogP contribution < -0.4 is 4.74 Å². The van der Waals surface area contributed by atoms with E-state index in [1.54, 1.807) is 12.1 Å². The maximum Gasteiger partial charge on any atom is 0.131 e. The third-order valence-corrected chi connectivity index (χ3v) is 4.27. The fraction of sp³-hybridized carbons (Fsp3) is 0.294. The first-order valence-corrected chi connectivity index (χ1v) is 7.46. The average Bonchev–Trinajstić information content (AvgIpc) is 2.42. The summed E-state index contributed by atoms with van der Waals surface area (Å²) >= 11 is 3.60. The SMILES string of the molecule is COc1ccc(C(Br)Cc2cc(C)ccc2C)c(F)c1. The highest BCUT2D eigenvalue weighted by atomic mass is 79.9. The molecule has 0 aliphatic heterocycles.